The molecule has 0 atom stereocenters. The predicted octanol–water partition coefficient (Wildman–Crippen LogP) is 2.25. The van der Waals surface area contributed by atoms with Crippen LogP contribution >= 0.6 is 0 Å². The van der Waals surface area contributed by atoms with Gasteiger partial charge in [0.15, 0.2) is 17.3 Å². The van der Waals surface area contributed by atoms with E-state index in [1.807, 2.05) is 18.2 Å². The highest BCUT2D eigenvalue weighted by Crippen LogP contribution is 2.47. The number of aliphatic hydroxyl groups excluding tert-OH is 1. The lowest BCUT2D eigenvalue weighted by molar-refractivity contribution is -0.187. The maximum Gasteiger partial charge on any atom is 0.168 e. The zero-order chi connectivity index (χ0) is 15.6. The van der Waals surface area contributed by atoms with Gasteiger partial charge in [0.2, 0.25) is 0 Å². The molecule has 2 aliphatic rings. The maximum absolute atomic E-state index is 10.1. The van der Waals surface area contributed by atoms with Crippen molar-refractivity contribution in [1.82, 2.24) is 0 Å². The Morgan fingerprint density at radius 3 is 2.18 bits per heavy atom. The molecule has 1 heterocycles. The second kappa shape index (κ2) is 6.07. The van der Waals surface area contributed by atoms with E-state index < -0.39 is 5.79 Å². The summed E-state index contributed by atoms with van der Waals surface area (Å²) in [6.07, 6.45) is 3.28. The van der Waals surface area contributed by atoms with Crippen molar-refractivity contribution in [2.75, 3.05) is 34.0 Å². The van der Waals surface area contributed by atoms with Crippen LogP contribution in [0.5, 0.6) is 11.5 Å². The van der Waals surface area contributed by atoms with Crippen molar-refractivity contribution in [2.45, 2.75) is 36.9 Å². The van der Waals surface area contributed by atoms with Crippen LogP contribution in [0.25, 0.3) is 0 Å². The van der Waals surface area contributed by atoms with Crippen LogP contribution in [0.4, 0.5) is 0 Å². The molecular formula is C17H24O5. The first-order valence-corrected chi connectivity index (χ1v) is 7.78. The van der Waals surface area contributed by atoms with Crippen LogP contribution in [0, 0.1) is 0 Å². The molecule has 0 unspecified atom stereocenters. The molecule has 1 aliphatic heterocycles. The van der Waals surface area contributed by atoms with Crippen molar-refractivity contribution in [3.05, 3.63) is 23.8 Å². The van der Waals surface area contributed by atoms with Crippen molar-refractivity contribution < 1.29 is 24.1 Å². The molecule has 1 aromatic carbocycles. The van der Waals surface area contributed by atoms with Gasteiger partial charge in [-0.05, 0) is 30.5 Å². The summed E-state index contributed by atoms with van der Waals surface area (Å²) >= 11 is 0. The summed E-state index contributed by atoms with van der Waals surface area (Å²) in [5.74, 6) is 0.977. The van der Waals surface area contributed by atoms with E-state index in [0.29, 0.717) is 24.7 Å². The lowest BCUT2D eigenvalue weighted by atomic mass is 9.68. The number of hydrogen-bond donors (Lipinski definition) is 1. The number of hydrogen-bond acceptors (Lipinski definition) is 5. The molecule has 5 nitrogen and oxygen atoms in total. The third-order valence-corrected chi connectivity index (χ3v) is 5.08. The molecule has 0 bridgehead atoms. The normalized spacial score (nSPS) is 22.7. The summed E-state index contributed by atoms with van der Waals surface area (Å²) in [5, 5.41) is 10.1. The van der Waals surface area contributed by atoms with Gasteiger partial charge in [-0.25, -0.2) is 0 Å². The Labute approximate surface area is 131 Å². The van der Waals surface area contributed by atoms with E-state index >= 15 is 0 Å². The SMILES string of the molecule is COc1ccc(C2(CO)CCC3(CC2)OCCO3)cc1OC. The molecular weight excluding hydrogens is 284 g/mol. The van der Waals surface area contributed by atoms with E-state index in [4.69, 9.17) is 18.9 Å². The topological polar surface area (TPSA) is 57.2 Å². The molecule has 2 fully saturated rings. The highest BCUT2D eigenvalue weighted by atomic mass is 16.7. The minimum atomic E-state index is -0.421. The van der Waals surface area contributed by atoms with E-state index in [9.17, 15) is 5.11 Å². The van der Waals surface area contributed by atoms with Crippen molar-refractivity contribution in [3.63, 3.8) is 0 Å². The summed E-state index contributed by atoms with van der Waals surface area (Å²) in [7, 11) is 3.25. The molecule has 1 aliphatic carbocycles. The molecule has 1 aromatic rings. The molecule has 0 amide bonds. The Morgan fingerprint density at radius 2 is 1.64 bits per heavy atom. The van der Waals surface area contributed by atoms with Gasteiger partial charge < -0.3 is 24.1 Å². The van der Waals surface area contributed by atoms with Gasteiger partial charge in [-0.2, -0.15) is 0 Å². The first-order chi connectivity index (χ1) is 10.7. The summed E-state index contributed by atoms with van der Waals surface area (Å²) in [6, 6.07) is 5.90. The van der Waals surface area contributed by atoms with Gasteiger partial charge in [0.25, 0.3) is 0 Å². The van der Waals surface area contributed by atoms with Gasteiger partial charge in [0, 0.05) is 18.3 Å². The van der Waals surface area contributed by atoms with Crippen LogP contribution in [0.2, 0.25) is 0 Å². The fourth-order valence-corrected chi connectivity index (χ4v) is 3.60. The Kier molecular flexibility index (Phi) is 4.30. The van der Waals surface area contributed by atoms with Crippen LogP contribution in [-0.2, 0) is 14.9 Å². The van der Waals surface area contributed by atoms with Crippen molar-refractivity contribution in [2.24, 2.45) is 0 Å². The summed E-state index contributed by atoms with van der Waals surface area (Å²) in [6.45, 7) is 1.45. The molecule has 0 aromatic heterocycles. The molecule has 1 saturated heterocycles. The summed E-state index contributed by atoms with van der Waals surface area (Å²) in [5.41, 5.74) is 0.820. The Morgan fingerprint density at radius 1 is 1.00 bits per heavy atom. The zero-order valence-electron chi connectivity index (χ0n) is 13.3. The maximum atomic E-state index is 10.1. The number of ether oxygens (including phenoxy) is 4. The monoisotopic (exact) mass is 308 g/mol. The van der Waals surface area contributed by atoms with Crippen molar-refractivity contribution >= 4 is 0 Å². The lowest BCUT2D eigenvalue weighted by Crippen LogP contribution is -2.44. The highest BCUT2D eigenvalue weighted by molar-refractivity contribution is 5.45. The molecule has 122 valence electrons. The Bertz CT molecular complexity index is 512. The largest absolute Gasteiger partial charge is 0.493 e. The molecule has 22 heavy (non-hydrogen) atoms. The zero-order valence-corrected chi connectivity index (χ0v) is 13.3. The predicted molar refractivity (Wildman–Crippen MR) is 81.4 cm³/mol. The minimum absolute atomic E-state index is 0.110. The first-order valence-electron chi connectivity index (χ1n) is 7.78. The fraction of sp³-hybridized carbons (Fsp3) is 0.647. The van der Waals surface area contributed by atoms with Crippen LogP contribution in [0.15, 0.2) is 18.2 Å². The quantitative estimate of drug-likeness (QED) is 0.924. The molecule has 0 radical (unpaired) electrons. The standard InChI is InChI=1S/C17H24O5/c1-19-14-4-3-13(11-15(14)20-2)16(12-18)5-7-17(8-6-16)21-9-10-22-17/h3-4,11,18H,5-10,12H2,1-2H3. The second-order valence-electron chi connectivity index (χ2n) is 6.12. The smallest absolute Gasteiger partial charge is 0.168 e. The molecule has 3 rings (SSSR count). The van der Waals surface area contributed by atoms with E-state index in [2.05, 4.69) is 0 Å². The number of aliphatic hydroxyl groups is 1. The summed E-state index contributed by atoms with van der Waals surface area (Å²) < 4.78 is 22.3. The van der Waals surface area contributed by atoms with E-state index in [1.54, 1.807) is 14.2 Å². The summed E-state index contributed by atoms with van der Waals surface area (Å²) in [4.78, 5) is 0. The molecule has 5 heteroatoms. The van der Waals surface area contributed by atoms with Gasteiger partial charge in [-0.1, -0.05) is 6.07 Å². The number of rotatable bonds is 4. The van der Waals surface area contributed by atoms with Gasteiger partial charge in [-0.3, -0.25) is 0 Å². The van der Waals surface area contributed by atoms with Crippen LogP contribution in [0.3, 0.4) is 0 Å². The first kappa shape index (κ1) is 15.6. The molecule has 1 N–H and O–H groups in total. The third-order valence-electron chi connectivity index (χ3n) is 5.08. The van der Waals surface area contributed by atoms with Gasteiger partial charge in [-0.15, -0.1) is 0 Å². The average Bonchev–Trinajstić information content (AvgIpc) is 3.04. The molecule has 1 saturated carbocycles. The number of benzene rings is 1. The van der Waals surface area contributed by atoms with E-state index in [-0.39, 0.29) is 12.0 Å². The minimum Gasteiger partial charge on any atom is -0.493 e. The lowest BCUT2D eigenvalue weighted by Gasteiger charge is -2.43. The van der Waals surface area contributed by atoms with Gasteiger partial charge >= 0.3 is 0 Å². The Balaban J connectivity index is 1.85. The van der Waals surface area contributed by atoms with E-state index in [1.165, 1.54) is 0 Å². The second-order valence-corrected chi connectivity index (χ2v) is 6.12. The van der Waals surface area contributed by atoms with Gasteiger partial charge in [0.1, 0.15) is 0 Å². The van der Waals surface area contributed by atoms with Crippen molar-refractivity contribution in [3.8, 4) is 11.5 Å². The van der Waals surface area contributed by atoms with Crippen LogP contribution in [-0.4, -0.2) is 44.9 Å². The third kappa shape index (κ3) is 2.57. The van der Waals surface area contributed by atoms with Gasteiger partial charge in [0.05, 0.1) is 34.0 Å². The van der Waals surface area contributed by atoms with E-state index in [0.717, 1.165) is 31.2 Å². The Hall–Kier alpha value is -1.30. The van der Waals surface area contributed by atoms with Crippen molar-refractivity contribution in [1.29, 1.82) is 0 Å². The highest BCUT2D eigenvalue weighted by Gasteiger charge is 2.46. The number of methoxy groups -OCH3 is 2. The van der Waals surface area contributed by atoms with Crippen LogP contribution < -0.4 is 9.47 Å². The fourth-order valence-electron chi connectivity index (χ4n) is 3.60. The average molecular weight is 308 g/mol. The van der Waals surface area contributed by atoms with Crippen LogP contribution in [0.1, 0.15) is 31.2 Å². The molecule has 1 spiro atoms.